The summed E-state index contributed by atoms with van der Waals surface area (Å²) in [5.41, 5.74) is 8.08. The van der Waals surface area contributed by atoms with Gasteiger partial charge in [-0.25, -0.2) is 10.2 Å². The van der Waals surface area contributed by atoms with Gasteiger partial charge < -0.3 is 5.73 Å². The van der Waals surface area contributed by atoms with Gasteiger partial charge in [0.1, 0.15) is 0 Å². The number of hydrazone groups is 1. The Labute approximate surface area is 91.1 Å². The van der Waals surface area contributed by atoms with E-state index in [4.69, 9.17) is 5.73 Å². The number of rotatable bonds is 3. The quantitative estimate of drug-likeness (QED) is 0.451. The minimum absolute atomic E-state index is 0.000546. The summed E-state index contributed by atoms with van der Waals surface area (Å²) in [6.07, 6.45) is 0. The molecule has 0 aliphatic carbocycles. The Hall–Kier alpha value is -2.44. The first-order chi connectivity index (χ1) is 7.50. The number of nitrogens with one attached hydrogen (secondary N) is 1. The van der Waals surface area contributed by atoms with Crippen LogP contribution in [-0.4, -0.2) is 16.7 Å². The van der Waals surface area contributed by atoms with Crippen molar-refractivity contribution in [2.45, 2.75) is 6.92 Å². The van der Waals surface area contributed by atoms with E-state index in [-0.39, 0.29) is 5.69 Å². The number of carbonyl (C=O) groups excluding carboxylic acids is 1. The highest BCUT2D eigenvalue weighted by Gasteiger charge is 2.05. The number of nitro groups is 1. The molecule has 0 fully saturated rings. The molecule has 84 valence electrons. The summed E-state index contributed by atoms with van der Waals surface area (Å²) >= 11 is 0. The Kier molecular flexibility index (Phi) is 3.54. The third kappa shape index (κ3) is 3.05. The molecule has 0 bridgehead atoms. The number of non-ortho nitro benzene ring substituents is 1. The van der Waals surface area contributed by atoms with E-state index in [0.29, 0.717) is 11.3 Å². The van der Waals surface area contributed by atoms with Crippen molar-refractivity contribution in [3.8, 4) is 0 Å². The van der Waals surface area contributed by atoms with Gasteiger partial charge in [-0.2, -0.15) is 5.10 Å². The molecule has 1 aromatic rings. The van der Waals surface area contributed by atoms with Crippen molar-refractivity contribution in [1.29, 1.82) is 0 Å². The molecule has 7 nitrogen and oxygen atoms in total. The van der Waals surface area contributed by atoms with Crippen LogP contribution in [0.5, 0.6) is 0 Å². The monoisotopic (exact) mass is 222 g/mol. The fourth-order valence-electron chi connectivity index (χ4n) is 1.03. The van der Waals surface area contributed by atoms with E-state index >= 15 is 0 Å². The number of nitrogens with two attached hydrogens (primary N) is 1. The van der Waals surface area contributed by atoms with Gasteiger partial charge in [0.2, 0.25) is 0 Å². The highest BCUT2D eigenvalue weighted by atomic mass is 16.6. The number of carbonyl (C=O) groups is 1. The smallest absolute Gasteiger partial charge is 0.332 e. The minimum atomic E-state index is -0.763. The standard InChI is InChI=1S/C9H10N4O3/c1-6(11-12-9(10)14)7-2-4-8(5-3-7)13(15)16/h2-5H,1H3,(H3,10,12,14)/b11-6+. The summed E-state index contributed by atoms with van der Waals surface area (Å²) in [5, 5.41) is 14.1. The van der Waals surface area contributed by atoms with Crippen LogP contribution in [0.1, 0.15) is 12.5 Å². The molecule has 16 heavy (non-hydrogen) atoms. The first-order valence-corrected chi connectivity index (χ1v) is 4.35. The summed E-state index contributed by atoms with van der Waals surface area (Å²) in [5.74, 6) is 0. The van der Waals surface area contributed by atoms with Crippen molar-refractivity contribution in [2.24, 2.45) is 10.8 Å². The third-order valence-corrected chi connectivity index (χ3v) is 1.83. The van der Waals surface area contributed by atoms with Gasteiger partial charge in [0.25, 0.3) is 5.69 Å². The van der Waals surface area contributed by atoms with E-state index in [1.807, 2.05) is 0 Å². The number of urea groups is 1. The molecular weight excluding hydrogens is 212 g/mol. The maximum absolute atomic E-state index is 10.4. The highest BCUT2D eigenvalue weighted by Crippen LogP contribution is 2.12. The van der Waals surface area contributed by atoms with Crippen LogP contribution in [0, 0.1) is 10.1 Å². The van der Waals surface area contributed by atoms with Crippen molar-refractivity contribution in [2.75, 3.05) is 0 Å². The molecule has 0 spiro atoms. The second-order valence-corrected chi connectivity index (χ2v) is 2.98. The van der Waals surface area contributed by atoms with Crippen LogP contribution in [0.25, 0.3) is 0 Å². The number of primary amides is 1. The van der Waals surface area contributed by atoms with Gasteiger partial charge in [-0.05, 0) is 24.6 Å². The first kappa shape index (κ1) is 11.6. The summed E-state index contributed by atoms with van der Waals surface area (Å²) < 4.78 is 0. The van der Waals surface area contributed by atoms with Crippen molar-refractivity contribution < 1.29 is 9.72 Å². The molecule has 2 amide bonds. The normalized spacial score (nSPS) is 10.9. The summed E-state index contributed by atoms with van der Waals surface area (Å²) in [7, 11) is 0. The molecule has 3 N–H and O–H groups in total. The zero-order chi connectivity index (χ0) is 12.1. The van der Waals surface area contributed by atoms with Gasteiger partial charge in [0.15, 0.2) is 0 Å². The molecular formula is C9H10N4O3. The van der Waals surface area contributed by atoms with Crippen LogP contribution in [0.4, 0.5) is 10.5 Å². The van der Waals surface area contributed by atoms with Crippen LogP contribution in [0.3, 0.4) is 0 Å². The van der Waals surface area contributed by atoms with Gasteiger partial charge in [0.05, 0.1) is 10.6 Å². The lowest BCUT2D eigenvalue weighted by Gasteiger charge is -2.00. The Morgan fingerprint density at radius 3 is 2.44 bits per heavy atom. The van der Waals surface area contributed by atoms with E-state index < -0.39 is 11.0 Å². The Morgan fingerprint density at radius 2 is 2.00 bits per heavy atom. The molecule has 7 heteroatoms. The summed E-state index contributed by atoms with van der Waals surface area (Å²) in [6, 6.07) is 5.04. The van der Waals surface area contributed by atoms with Gasteiger partial charge in [-0.1, -0.05) is 0 Å². The van der Waals surface area contributed by atoms with Gasteiger partial charge in [-0.3, -0.25) is 10.1 Å². The van der Waals surface area contributed by atoms with Crippen LogP contribution in [0.2, 0.25) is 0 Å². The maximum Gasteiger partial charge on any atom is 0.332 e. The molecule has 0 radical (unpaired) electrons. The average molecular weight is 222 g/mol. The zero-order valence-electron chi connectivity index (χ0n) is 8.51. The van der Waals surface area contributed by atoms with Crippen LogP contribution in [0.15, 0.2) is 29.4 Å². The number of amides is 2. The number of benzene rings is 1. The molecule has 0 saturated heterocycles. The molecule has 0 saturated carbocycles. The fraction of sp³-hybridized carbons (Fsp3) is 0.111. The molecule has 1 aromatic carbocycles. The SMILES string of the molecule is C/C(=N\NC(N)=O)c1ccc([N+](=O)[O-])cc1. The van der Waals surface area contributed by atoms with Crippen molar-refractivity contribution in [3.63, 3.8) is 0 Å². The average Bonchev–Trinajstić information content (AvgIpc) is 2.26. The third-order valence-electron chi connectivity index (χ3n) is 1.83. The molecule has 0 atom stereocenters. The van der Waals surface area contributed by atoms with Crippen LogP contribution in [-0.2, 0) is 0 Å². The van der Waals surface area contributed by atoms with Gasteiger partial charge >= 0.3 is 6.03 Å². The minimum Gasteiger partial charge on any atom is -0.350 e. The van der Waals surface area contributed by atoms with Crippen LogP contribution < -0.4 is 11.2 Å². The van der Waals surface area contributed by atoms with Gasteiger partial charge in [-0.15, -0.1) is 0 Å². The lowest BCUT2D eigenvalue weighted by atomic mass is 10.1. The number of hydrogen-bond acceptors (Lipinski definition) is 4. The Bertz CT molecular complexity index is 439. The van der Waals surface area contributed by atoms with E-state index in [0.717, 1.165) is 0 Å². The molecule has 0 unspecified atom stereocenters. The predicted octanol–water partition coefficient (Wildman–Crippen LogP) is 0.987. The largest absolute Gasteiger partial charge is 0.350 e. The van der Waals surface area contributed by atoms with Crippen molar-refractivity contribution in [1.82, 2.24) is 5.43 Å². The second kappa shape index (κ2) is 4.87. The Morgan fingerprint density at radius 1 is 1.44 bits per heavy atom. The van der Waals surface area contributed by atoms with Crippen LogP contribution >= 0.6 is 0 Å². The molecule has 0 heterocycles. The lowest BCUT2D eigenvalue weighted by Crippen LogP contribution is -2.25. The topological polar surface area (TPSA) is 111 Å². The molecule has 0 aliphatic heterocycles. The predicted molar refractivity (Wildman–Crippen MR) is 58.0 cm³/mol. The summed E-state index contributed by atoms with van der Waals surface area (Å²) in [4.78, 5) is 20.3. The number of nitrogens with zero attached hydrogens (tertiary/aromatic N) is 2. The van der Waals surface area contributed by atoms with E-state index in [1.54, 1.807) is 19.1 Å². The molecule has 1 rings (SSSR count). The zero-order valence-corrected chi connectivity index (χ0v) is 8.51. The fourth-order valence-corrected chi connectivity index (χ4v) is 1.03. The first-order valence-electron chi connectivity index (χ1n) is 4.35. The second-order valence-electron chi connectivity index (χ2n) is 2.98. The van der Waals surface area contributed by atoms with E-state index in [1.165, 1.54) is 12.1 Å². The van der Waals surface area contributed by atoms with Gasteiger partial charge in [0, 0.05) is 12.1 Å². The van der Waals surface area contributed by atoms with E-state index in [2.05, 4.69) is 10.5 Å². The molecule has 0 aromatic heterocycles. The Balaban J connectivity index is 2.85. The number of hydrogen-bond donors (Lipinski definition) is 2. The lowest BCUT2D eigenvalue weighted by molar-refractivity contribution is -0.384. The van der Waals surface area contributed by atoms with Crippen molar-refractivity contribution >= 4 is 17.4 Å². The molecule has 0 aliphatic rings. The van der Waals surface area contributed by atoms with Crippen molar-refractivity contribution in [3.05, 3.63) is 39.9 Å². The summed E-state index contributed by atoms with van der Waals surface area (Å²) in [6.45, 7) is 1.65. The maximum atomic E-state index is 10.4. The highest BCUT2D eigenvalue weighted by molar-refractivity contribution is 5.99. The number of nitro benzene ring substituents is 1. The van der Waals surface area contributed by atoms with E-state index in [9.17, 15) is 14.9 Å².